The molecule has 0 amide bonds. The van der Waals surface area contributed by atoms with Gasteiger partial charge in [0.25, 0.3) is 0 Å². The zero-order valence-corrected chi connectivity index (χ0v) is 10.9. The lowest BCUT2D eigenvalue weighted by molar-refractivity contribution is 0.241. The average molecular weight is 242 g/mol. The summed E-state index contributed by atoms with van der Waals surface area (Å²) >= 11 is 0. The van der Waals surface area contributed by atoms with Gasteiger partial charge in [-0.1, -0.05) is 19.9 Å². The molecule has 94 valence electrons. The second-order valence-corrected chi connectivity index (χ2v) is 4.66. The summed E-state index contributed by atoms with van der Waals surface area (Å²) in [5.74, 6) is 0.533. The van der Waals surface area contributed by atoms with Gasteiger partial charge >= 0.3 is 0 Å². The lowest BCUT2D eigenvalue weighted by atomic mass is 10.1. The number of nitrogens with zero attached hydrogens (tertiary/aromatic N) is 4. The van der Waals surface area contributed by atoms with Crippen molar-refractivity contribution in [1.82, 2.24) is 9.88 Å². The summed E-state index contributed by atoms with van der Waals surface area (Å²) in [6.45, 7) is 6.62. The number of rotatable bonds is 6. The van der Waals surface area contributed by atoms with Crippen LogP contribution in [0.25, 0.3) is 0 Å². The summed E-state index contributed by atoms with van der Waals surface area (Å²) in [5, 5.41) is 17.7. The van der Waals surface area contributed by atoms with Crippen LogP contribution in [0.1, 0.15) is 31.5 Å². The second kappa shape index (κ2) is 7.42. The number of nitriles is 2. The lowest BCUT2D eigenvalue weighted by Gasteiger charge is -2.23. The molecule has 1 aromatic heterocycles. The van der Waals surface area contributed by atoms with Gasteiger partial charge in [0.05, 0.1) is 6.07 Å². The van der Waals surface area contributed by atoms with Crippen molar-refractivity contribution in [2.24, 2.45) is 5.92 Å². The Kier molecular flexibility index (Phi) is 5.84. The van der Waals surface area contributed by atoms with Gasteiger partial charge < -0.3 is 0 Å². The lowest BCUT2D eigenvalue weighted by Crippen LogP contribution is -2.28. The van der Waals surface area contributed by atoms with Gasteiger partial charge in [0, 0.05) is 37.8 Å². The second-order valence-electron chi connectivity index (χ2n) is 4.66. The number of aromatic nitrogens is 1. The summed E-state index contributed by atoms with van der Waals surface area (Å²) in [4.78, 5) is 6.26. The maximum atomic E-state index is 9.01. The van der Waals surface area contributed by atoms with Crippen LogP contribution in [0.4, 0.5) is 0 Å². The first kappa shape index (κ1) is 14.2. The van der Waals surface area contributed by atoms with Gasteiger partial charge in [-0.05, 0) is 12.0 Å². The Labute approximate surface area is 108 Å². The molecule has 18 heavy (non-hydrogen) atoms. The molecule has 0 bridgehead atoms. The number of pyridine rings is 1. The van der Waals surface area contributed by atoms with Crippen molar-refractivity contribution in [2.45, 2.75) is 26.8 Å². The average Bonchev–Trinajstić information content (AvgIpc) is 2.36. The van der Waals surface area contributed by atoms with Crippen molar-refractivity contribution in [3.05, 3.63) is 29.6 Å². The first-order valence-electron chi connectivity index (χ1n) is 6.10. The summed E-state index contributed by atoms with van der Waals surface area (Å²) in [6.07, 6.45) is 2.14. The zero-order valence-electron chi connectivity index (χ0n) is 10.9. The molecule has 0 aliphatic carbocycles. The number of hydrogen-bond donors (Lipinski definition) is 0. The fourth-order valence-corrected chi connectivity index (χ4v) is 1.87. The van der Waals surface area contributed by atoms with Crippen LogP contribution in [-0.2, 0) is 6.54 Å². The molecule has 1 aromatic rings. The molecule has 0 fully saturated rings. The van der Waals surface area contributed by atoms with E-state index in [-0.39, 0.29) is 0 Å². The smallest absolute Gasteiger partial charge is 0.144 e. The van der Waals surface area contributed by atoms with Gasteiger partial charge in [0.2, 0.25) is 0 Å². The first-order valence-corrected chi connectivity index (χ1v) is 6.10. The van der Waals surface area contributed by atoms with Crippen LogP contribution in [0, 0.1) is 28.6 Å². The fraction of sp³-hybridized carbons (Fsp3) is 0.500. The van der Waals surface area contributed by atoms with E-state index in [0.717, 1.165) is 18.7 Å². The molecular weight excluding hydrogens is 224 g/mol. The van der Waals surface area contributed by atoms with Gasteiger partial charge in [-0.25, -0.2) is 4.98 Å². The van der Waals surface area contributed by atoms with E-state index in [9.17, 15) is 0 Å². The Morgan fingerprint density at radius 2 is 2.17 bits per heavy atom. The molecular formula is C14H18N4. The topological polar surface area (TPSA) is 63.7 Å². The minimum atomic E-state index is 0.475. The quantitative estimate of drug-likeness (QED) is 0.768. The molecule has 0 unspecified atom stereocenters. The predicted octanol–water partition coefficient (Wildman–Crippen LogP) is 2.32. The van der Waals surface area contributed by atoms with Crippen molar-refractivity contribution in [1.29, 1.82) is 10.5 Å². The van der Waals surface area contributed by atoms with E-state index in [1.165, 1.54) is 0 Å². The zero-order chi connectivity index (χ0) is 13.4. The Morgan fingerprint density at radius 3 is 2.78 bits per heavy atom. The molecule has 4 heteroatoms. The molecule has 0 aromatic carbocycles. The van der Waals surface area contributed by atoms with Crippen LogP contribution in [0.15, 0.2) is 18.3 Å². The van der Waals surface area contributed by atoms with Gasteiger partial charge in [-0.15, -0.1) is 0 Å². The molecule has 0 aliphatic rings. The van der Waals surface area contributed by atoms with Crippen molar-refractivity contribution in [3.8, 4) is 12.1 Å². The molecule has 0 aliphatic heterocycles. The standard InChI is InChI=1S/C14H18N4/c1-12(2)10-18(8-4-6-15)11-13-5-3-7-17-14(13)9-16/h3,5,7,12H,4,8,10-11H2,1-2H3. The third-order valence-corrected chi connectivity index (χ3v) is 2.55. The summed E-state index contributed by atoms with van der Waals surface area (Å²) < 4.78 is 0. The Balaban J connectivity index is 2.76. The van der Waals surface area contributed by atoms with E-state index in [2.05, 4.69) is 35.9 Å². The maximum Gasteiger partial charge on any atom is 0.144 e. The van der Waals surface area contributed by atoms with Crippen LogP contribution >= 0.6 is 0 Å². The van der Waals surface area contributed by atoms with Crippen LogP contribution < -0.4 is 0 Å². The van der Waals surface area contributed by atoms with Crippen LogP contribution in [0.2, 0.25) is 0 Å². The van der Waals surface area contributed by atoms with Crippen LogP contribution in [0.3, 0.4) is 0 Å². The minimum Gasteiger partial charge on any atom is -0.298 e. The van der Waals surface area contributed by atoms with E-state index in [1.807, 2.05) is 12.1 Å². The van der Waals surface area contributed by atoms with Gasteiger partial charge in [-0.2, -0.15) is 10.5 Å². The molecule has 0 N–H and O–H groups in total. The normalized spacial score (nSPS) is 10.3. The van der Waals surface area contributed by atoms with Crippen LogP contribution in [-0.4, -0.2) is 23.0 Å². The first-order chi connectivity index (χ1) is 8.67. The van der Waals surface area contributed by atoms with Crippen LogP contribution in [0.5, 0.6) is 0 Å². The monoisotopic (exact) mass is 242 g/mol. The highest BCUT2D eigenvalue weighted by atomic mass is 15.1. The van der Waals surface area contributed by atoms with E-state index in [1.54, 1.807) is 6.20 Å². The van der Waals surface area contributed by atoms with Gasteiger partial charge in [0.15, 0.2) is 0 Å². The highest BCUT2D eigenvalue weighted by Crippen LogP contribution is 2.10. The largest absolute Gasteiger partial charge is 0.298 e. The minimum absolute atomic E-state index is 0.475. The third-order valence-electron chi connectivity index (χ3n) is 2.55. The fourth-order valence-electron chi connectivity index (χ4n) is 1.87. The predicted molar refractivity (Wildman–Crippen MR) is 69.3 cm³/mol. The van der Waals surface area contributed by atoms with E-state index >= 15 is 0 Å². The van der Waals surface area contributed by atoms with E-state index < -0.39 is 0 Å². The molecule has 1 heterocycles. The number of hydrogen-bond acceptors (Lipinski definition) is 4. The molecule has 0 saturated heterocycles. The highest BCUT2D eigenvalue weighted by Gasteiger charge is 2.11. The van der Waals surface area contributed by atoms with E-state index in [4.69, 9.17) is 10.5 Å². The molecule has 4 nitrogen and oxygen atoms in total. The van der Waals surface area contributed by atoms with E-state index in [0.29, 0.717) is 24.6 Å². The summed E-state index contributed by atoms with van der Waals surface area (Å²) in [6, 6.07) is 8.03. The highest BCUT2D eigenvalue weighted by molar-refractivity contribution is 5.30. The molecule has 0 atom stereocenters. The molecule has 0 saturated carbocycles. The Bertz CT molecular complexity index is 454. The maximum absolute atomic E-state index is 9.01. The van der Waals surface area contributed by atoms with Crippen molar-refractivity contribution < 1.29 is 0 Å². The van der Waals surface area contributed by atoms with Crippen molar-refractivity contribution >= 4 is 0 Å². The summed E-state index contributed by atoms with van der Waals surface area (Å²) in [7, 11) is 0. The molecule has 0 radical (unpaired) electrons. The van der Waals surface area contributed by atoms with Gasteiger partial charge in [0.1, 0.15) is 11.8 Å². The molecule has 0 spiro atoms. The van der Waals surface area contributed by atoms with Crippen molar-refractivity contribution in [3.63, 3.8) is 0 Å². The molecule has 1 rings (SSSR count). The summed E-state index contributed by atoms with van der Waals surface area (Å²) in [5.41, 5.74) is 1.40. The Morgan fingerprint density at radius 1 is 1.39 bits per heavy atom. The third kappa shape index (κ3) is 4.53. The van der Waals surface area contributed by atoms with Gasteiger partial charge in [-0.3, -0.25) is 4.90 Å². The van der Waals surface area contributed by atoms with Crippen molar-refractivity contribution in [2.75, 3.05) is 13.1 Å². The SMILES string of the molecule is CC(C)CN(CCC#N)Cc1cccnc1C#N. The Hall–Kier alpha value is -1.91.